The molecule has 184 valence electrons. The van der Waals surface area contributed by atoms with Crippen molar-refractivity contribution < 1.29 is 14.0 Å². The SMILES string of the molecule is Nc1ncnc(Nc2ccc(OCc3cccc(F)c3)c(Cl)c2)c1C=NOCCN1CCCCC1. The minimum absolute atomic E-state index is 0.199. The molecule has 8 nitrogen and oxygen atoms in total. The molecule has 1 saturated heterocycles. The van der Waals surface area contributed by atoms with Gasteiger partial charge in [0, 0.05) is 12.2 Å². The van der Waals surface area contributed by atoms with Crippen LogP contribution in [0.25, 0.3) is 0 Å². The molecule has 10 heteroatoms. The first-order chi connectivity index (χ1) is 17.1. The summed E-state index contributed by atoms with van der Waals surface area (Å²) in [5.74, 6) is 0.901. The number of likely N-dealkylation sites (tertiary alicyclic amines) is 1. The highest BCUT2D eigenvalue weighted by Crippen LogP contribution is 2.30. The standard InChI is InChI=1S/C25H28ClFN6O2/c26-22-14-20(7-8-23(22)34-16-18-5-4-6-19(27)13-18)32-25-21(24(28)29-17-30-25)15-31-35-12-11-33-9-2-1-3-10-33/h4-8,13-15,17H,1-3,9-12,16H2,(H3,28,29,30,32). The van der Waals surface area contributed by atoms with Crippen LogP contribution in [0.4, 0.5) is 21.7 Å². The van der Waals surface area contributed by atoms with Gasteiger partial charge in [0.05, 0.1) is 16.8 Å². The van der Waals surface area contributed by atoms with Crippen LogP contribution in [-0.4, -0.2) is 47.3 Å². The summed E-state index contributed by atoms with van der Waals surface area (Å²) in [6, 6.07) is 11.5. The molecule has 0 bridgehead atoms. The van der Waals surface area contributed by atoms with Crippen LogP contribution in [0.15, 0.2) is 53.9 Å². The summed E-state index contributed by atoms with van der Waals surface area (Å²) < 4.78 is 19.1. The zero-order valence-electron chi connectivity index (χ0n) is 19.3. The summed E-state index contributed by atoms with van der Waals surface area (Å²) >= 11 is 6.40. The Kier molecular flexibility index (Phi) is 8.69. The lowest BCUT2D eigenvalue weighted by molar-refractivity contribution is 0.103. The highest BCUT2D eigenvalue weighted by atomic mass is 35.5. The molecule has 0 atom stereocenters. The first kappa shape index (κ1) is 24.7. The average Bonchev–Trinajstić information content (AvgIpc) is 2.85. The van der Waals surface area contributed by atoms with E-state index in [4.69, 9.17) is 26.9 Å². The molecule has 0 saturated carbocycles. The molecule has 3 aromatic rings. The van der Waals surface area contributed by atoms with Gasteiger partial charge >= 0.3 is 0 Å². The molecule has 1 aliphatic heterocycles. The molecule has 3 N–H and O–H groups in total. The molecule has 2 heterocycles. The fourth-order valence-corrected chi connectivity index (χ4v) is 3.99. The van der Waals surface area contributed by atoms with Crippen molar-refractivity contribution in [1.29, 1.82) is 0 Å². The van der Waals surface area contributed by atoms with E-state index in [2.05, 4.69) is 25.3 Å². The lowest BCUT2D eigenvalue weighted by Crippen LogP contribution is -2.32. The number of anilines is 3. The van der Waals surface area contributed by atoms with Gasteiger partial charge in [-0.05, 0) is 61.8 Å². The average molecular weight is 499 g/mol. The number of oxime groups is 1. The van der Waals surface area contributed by atoms with E-state index in [1.54, 1.807) is 30.3 Å². The minimum Gasteiger partial charge on any atom is -0.487 e. The highest BCUT2D eigenvalue weighted by Gasteiger charge is 2.11. The fraction of sp³-hybridized carbons (Fsp3) is 0.320. The summed E-state index contributed by atoms with van der Waals surface area (Å²) in [6.45, 7) is 3.76. The van der Waals surface area contributed by atoms with Crippen LogP contribution < -0.4 is 15.8 Å². The summed E-state index contributed by atoms with van der Waals surface area (Å²) in [4.78, 5) is 16.1. The number of nitrogens with zero attached hydrogens (tertiary/aromatic N) is 4. The molecular weight excluding hydrogens is 471 g/mol. The van der Waals surface area contributed by atoms with Crippen LogP contribution in [0, 0.1) is 5.82 Å². The summed E-state index contributed by atoms with van der Waals surface area (Å²) in [6.07, 6.45) is 6.64. The fourth-order valence-electron chi connectivity index (χ4n) is 3.75. The molecule has 0 aliphatic carbocycles. The largest absolute Gasteiger partial charge is 0.487 e. The van der Waals surface area contributed by atoms with Crippen molar-refractivity contribution in [3.8, 4) is 5.75 Å². The topological polar surface area (TPSA) is 97.9 Å². The van der Waals surface area contributed by atoms with E-state index in [1.165, 1.54) is 43.9 Å². The highest BCUT2D eigenvalue weighted by molar-refractivity contribution is 6.32. The van der Waals surface area contributed by atoms with Crippen molar-refractivity contribution in [2.75, 3.05) is 37.3 Å². The molecule has 4 rings (SSSR count). The molecule has 1 aliphatic rings. The van der Waals surface area contributed by atoms with E-state index in [-0.39, 0.29) is 18.2 Å². The normalized spacial score (nSPS) is 14.2. The Hall–Kier alpha value is -3.43. The lowest BCUT2D eigenvalue weighted by Gasteiger charge is -2.25. The smallest absolute Gasteiger partial charge is 0.144 e. The van der Waals surface area contributed by atoms with Gasteiger partial charge in [0.1, 0.15) is 42.7 Å². The van der Waals surface area contributed by atoms with Crippen molar-refractivity contribution in [1.82, 2.24) is 14.9 Å². The van der Waals surface area contributed by atoms with Gasteiger partial charge in [-0.1, -0.05) is 35.3 Å². The molecule has 0 spiro atoms. The number of rotatable bonds is 10. The van der Waals surface area contributed by atoms with Crippen LogP contribution in [0.5, 0.6) is 5.75 Å². The second kappa shape index (κ2) is 12.3. The Morgan fingerprint density at radius 2 is 2.00 bits per heavy atom. The number of hydrogen-bond donors (Lipinski definition) is 2. The van der Waals surface area contributed by atoms with Crippen molar-refractivity contribution in [2.24, 2.45) is 5.16 Å². The number of piperidine rings is 1. The van der Waals surface area contributed by atoms with Crippen molar-refractivity contribution in [3.05, 3.63) is 70.8 Å². The monoisotopic (exact) mass is 498 g/mol. The Labute approximate surface area is 208 Å². The van der Waals surface area contributed by atoms with Crippen LogP contribution in [0.1, 0.15) is 30.4 Å². The van der Waals surface area contributed by atoms with Gasteiger partial charge < -0.3 is 20.6 Å². The Morgan fingerprint density at radius 1 is 1.14 bits per heavy atom. The van der Waals surface area contributed by atoms with Gasteiger partial charge in [0.25, 0.3) is 0 Å². The molecule has 0 amide bonds. The number of nitrogen functional groups attached to an aromatic ring is 1. The predicted octanol–water partition coefficient (Wildman–Crippen LogP) is 5.01. The zero-order chi connectivity index (χ0) is 24.5. The zero-order valence-corrected chi connectivity index (χ0v) is 20.0. The maximum absolute atomic E-state index is 13.4. The van der Waals surface area contributed by atoms with Gasteiger partial charge in [0.2, 0.25) is 0 Å². The quantitative estimate of drug-likeness (QED) is 0.230. The number of benzene rings is 2. The summed E-state index contributed by atoms with van der Waals surface area (Å²) in [7, 11) is 0. The number of halogens is 2. The molecule has 1 aromatic heterocycles. The van der Waals surface area contributed by atoms with Gasteiger partial charge in [-0.15, -0.1) is 0 Å². The first-order valence-corrected chi connectivity index (χ1v) is 11.9. The molecule has 1 fully saturated rings. The Morgan fingerprint density at radius 3 is 2.80 bits per heavy atom. The van der Waals surface area contributed by atoms with Crippen LogP contribution in [0.3, 0.4) is 0 Å². The molecule has 0 unspecified atom stereocenters. The van der Waals surface area contributed by atoms with E-state index in [9.17, 15) is 4.39 Å². The Balaban J connectivity index is 1.36. The summed E-state index contributed by atoms with van der Waals surface area (Å²) in [5.41, 5.74) is 7.94. The third-order valence-corrected chi connectivity index (χ3v) is 5.89. The number of nitrogens with two attached hydrogens (primary N) is 1. The third kappa shape index (κ3) is 7.27. The minimum atomic E-state index is -0.312. The van der Waals surface area contributed by atoms with Crippen LogP contribution >= 0.6 is 11.6 Å². The van der Waals surface area contributed by atoms with Gasteiger partial charge in [-0.3, -0.25) is 4.90 Å². The third-order valence-electron chi connectivity index (χ3n) is 5.60. The molecule has 35 heavy (non-hydrogen) atoms. The van der Waals surface area contributed by atoms with E-state index in [1.807, 2.05) is 0 Å². The number of nitrogens with one attached hydrogen (secondary N) is 1. The molecule has 2 aromatic carbocycles. The number of aromatic nitrogens is 2. The van der Waals surface area contributed by atoms with Crippen LogP contribution in [0.2, 0.25) is 5.02 Å². The second-order valence-electron chi connectivity index (χ2n) is 8.18. The molecular formula is C25H28ClFN6O2. The van der Waals surface area contributed by atoms with Crippen molar-refractivity contribution >= 4 is 35.1 Å². The van der Waals surface area contributed by atoms with Gasteiger partial charge in [-0.2, -0.15) is 0 Å². The predicted molar refractivity (Wildman–Crippen MR) is 136 cm³/mol. The van der Waals surface area contributed by atoms with Crippen LogP contribution in [-0.2, 0) is 11.4 Å². The Bertz CT molecular complexity index is 1160. The maximum Gasteiger partial charge on any atom is 0.144 e. The van der Waals surface area contributed by atoms with E-state index in [0.29, 0.717) is 40.0 Å². The van der Waals surface area contributed by atoms with E-state index < -0.39 is 0 Å². The van der Waals surface area contributed by atoms with Crippen molar-refractivity contribution in [2.45, 2.75) is 25.9 Å². The van der Waals surface area contributed by atoms with Gasteiger partial charge in [0.15, 0.2) is 0 Å². The first-order valence-electron chi connectivity index (χ1n) is 11.5. The lowest BCUT2D eigenvalue weighted by atomic mass is 10.1. The maximum atomic E-state index is 13.4. The second-order valence-corrected chi connectivity index (χ2v) is 8.59. The van der Waals surface area contributed by atoms with E-state index in [0.717, 1.165) is 19.6 Å². The molecule has 0 radical (unpaired) electrons. The summed E-state index contributed by atoms with van der Waals surface area (Å²) in [5, 5.41) is 7.63. The van der Waals surface area contributed by atoms with E-state index >= 15 is 0 Å². The number of hydrogen-bond acceptors (Lipinski definition) is 8. The van der Waals surface area contributed by atoms with Crippen molar-refractivity contribution in [3.63, 3.8) is 0 Å². The van der Waals surface area contributed by atoms with Gasteiger partial charge in [-0.25, -0.2) is 14.4 Å². The number of ether oxygens (including phenoxy) is 1.